The average molecular weight is 410 g/mol. The van der Waals surface area contributed by atoms with Gasteiger partial charge in [-0.3, -0.25) is 15.0 Å². The molecule has 0 spiro atoms. The van der Waals surface area contributed by atoms with E-state index in [1.54, 1.807) is 6.07 Å². The normalized spacial score (nSPS) is 11.6. The zero-order chi connectivity index (χ0) is 18.4. The van der Waals surface area contributed by atoms with Crippen LogP contribution < -0.4 is 10.1 Å². The summed E-state index contributed by atoms with van der Waals surface area (Å²) < 4.78 is 11.8. The number of halogens is 1. The molecule has 2 rings (SSSR count). The molecule has 6 nitrogen and oxygen atoms in total. The molecule has 1 aromatic heterocycles. The lowest BCUT2D eigenvalue weighted by Crippen LogP contribution is -2.33. The molecule has 0 atom stereocenters. The summed E-state index contributed by atoms with van der Waals surface area (Å²) >= 11 is 3.38. The van der Waals surface area contributed by atoms with Gasteiger partial charge in [0.25, 0.3) is 0 Å². The quantitative estimate of drug-likeness (QED) is 0.754. The summed E-state index contributed by atoms with van der Waals surface area (Å²) in [6, 6.07) is 9.40. The molecule has 0 radical (unpaired) electrons. The molecule has 1 aromatic carbocycles. The van der Waals surface area contributed by atoms with E-state index in [1.807, 2.05) is 57.0 Å². The van der Waals surface area contributed by atoms with E-state index < -0.39 is 0 Å². The van der Waals surface area contributed by atoms with Crippen LogP contribution in [0.5, 0.6) is 5.75 Å². The van der Waals surface area contributed by atoms with Gasteiger partial charge in [0.05, 0.1) is 12.2 Å². The third kappa shape index (κ3) is 6.51. The number of aromatic nitrogens is 1. The summed E-state index contributed by atoms with van der Waals surface area (Å²) in [7, 11) is 1.87. The third-order valence-electron chi connectivity index (χ3n) is 3.51. The van der Waals surface area contributed by atoms with Crippen LogP contribution in [0.4, 0.5) is 5.88 Å². The third-order valence-corrected chi connectivity index (χ3v) is 4.04. The SMILES string of the molecule is CN(CCOc1ccc(Br)cc1)CC(=O)Nc1cc(C(C)(C)C)no1. The molecule has 0 saturated carbocycles. The molecule has 0 fully saturated rings. The predicted molar refractivity (Wildman–Crippen MR) is 101 cm³/mol. The molecule has 0 aliphatic heterocycles. The number of carbonyl (C=O) groups is 1. The zero-order valence-corrected chi connectivity index (χ0v) is 16.6. The van der Waals surface area contributed by atoms with Crippen LogP contribution >= 0.6 is 15.9 Å². The first-order chi connectivity index (χ1) is 11.7. The Hall–Kier alpha value is -1.86. The van der Waals surface area contributed by atoms with Gasteiger partial charge >= 0.3 is 0 Å². The second-order valence-electron chi connectivity index (χ2n) is 6.91. The van der Waals surface area contributed by atoms with Gasteiger partial charge in [-0.25, -0.2) is 0 Å². The van der Waals surface area contributed by atoms with Crippen LogP contribution in [0.1, 0.15) is 26.5 Å². The monoisotopic (exact) mass is 409 g/mol. The first kappa shape index (κ1) is 19.5. The number of hydrogen-bond acceptors (Lipinski definition) is 5. The first-order valence-corrected chi connectivity index (χ1v) is 8.87. The van der Waals surface area contributed by atoms with E-state index in [9.17, 15) is 4.79 Å². The Labute approximate surface area is 156 Å². The van der Waals surface area contributed by atoms with E-state index in [4.69, 9.17) is 9.26 Å². The summed E-state index contributed by atoms with van der Waals surface area (Å²) in [6.07, 6.45) is 0. The smallest absolute Gasteiger partial charge is 0.240 e. The van der Waals surface area contributed by atoms with Crippen molar-refractivity contribution in [2.45, 2.75) is 26.2 Å². The van der Waals surface area contributed by atoms with Crippen LogP contribution in [-0.2, 0) is 10.2 Å². The van der Waals surface area contributed by atoms with E-state index in [-0.39, 0.29) is 17.9 Å². The van der Waals surface area contributed by atoms with Crippen LogP contribution in [-0.4, -0.2) is 42.7 Å². The number of hydrogen-bond donors (Lipinski definition) is 1. The maximum atomic E-state index is 12.1. The number of rotatable bonds is 7. The molecule has 1 heterocycles. The number of benzene rings is 1. The van der Waals surface area contributed by atoms with Crippen molar-refractivity contribution in [3.8, 4) is 5.75 Å². The molecule has 2 aromatic rings. The number of nitrogens with zero attached hydrogens (tertiary/aromatic N) is 2. The largest absolute Gasteiger partial charge is 0.492 e. The van der Waals surface area contributed by atoms with E-state index >= 15 is 0 Å². The molecule has 1 amide bonds. The standard InChI is InChI=1S/C18H24BrN3O3/c1-18(2,3)15-11-17(25-21-15)20-16(23)12-22(4)9-10-24-14-7-5-13(19)6-8-14/h5-8,11H,9-10,12H2,1-4H3,(H,20,23). The molecule has 25 heavy (non-hydrogen) atoms. The highest BCUT2D eigenvalue weighted by molar-refractivity contribution is 9.10. The molecule has 1 N–H and O–H groups in total. The number of amides is 1. The molecule has 0 saturated heterocycles. The lowest BCUT2D eigenvalue weighted by atomic mass is 9.92. The maximum Gasteiger partial charge on any atom is 0.240 e. The first-order valence-electron chi connectivity index (χ1n) is 8.08. The van der Waals surface area contributed by atoms with Crippen molar-refractivity contribution in [2.24, 2.45) is 0 Å². The minimum absolute atomic E-state index is 0.117. The van der Waals surface area contributed by atoms with Gasteiger partial charge in [0.2, 0.25) is 11.8 Å². The molecule has 7 heteroatoms. The molecule has 0 unspecified atom stereocenters. The Morgan fingerprint density at radius 2 is 2.00 bits per heavy atom. The maximum absolute atomic E-state index is 12.1. The Kier molecular flexibility index (Phi) is 6.61. The van der Waals surface area contributed by atoms with Crippen LogP contribution in [0, 0.1) is 0 Å². The number of likely N-dealkylation sites (N-methyl/N-ethyl adjacent to an activating group) is 1. The fourth-order valence-corrected chi connectivity index (χ4v) is 2.30. The highest BCUT2D eigenvalue weighted by atomic mass is 79.9. The zero-order valence-electron chi connectivity index (χ0n) is 15.0. The summed E-state index contributed by atoms with van der Waals surface area (Å²) in [5, 5.41) is 6.71. The molecule has 0 bridgehead atoms. The molecule has 0 aliphatic carbocycles. The summed E-state index contributed by atoms with van der Waals surface area (Å²) in [6.45, 7) is 7.49. The molecule has 136 valence electrons. The van der Waals surface area contributed by atoms with Gasteiger partial charge in [0.15, 0.2) is 0 Å². The lowest BCUT2D eigenvalue weighted by molar-refractivity contribution is -0.117. The van der Waals surface area contributed by atoms with Crippen molar-refractivity contribution in [1.82, 2.24) is 10.1 Å². The Balaban J connectivity index is 1.72. The van der Waals surface area contributed by atoms with Gasteiger partial charge in [-0.15, -0.1) is 0 Å². The van der Waals surface area contributed by atoms with Gasteiger partial charge < -0.3 is 9.26 Å². The van der Waals surface area contributed by atoms with Gasteiger partial charge in [-0.2, -0.15) is 0 Å². The minimum Gasteiger partial charge on any atom is -0.492 e. The van der Waals surface area contributed by atoms with Gasteiger partial charge in [0, 0.05) is 22.5 Å². The fraction of sp³-hybridized carbons (Fsp3) is 0.444. The number of ether oxygens (including phenoxy) is 1. The fourth-order valence-electron chi connectivity index (χ4n) is 2.04. The van der Waals surface area contributed by atoms with Crippen molar-refractivity contribution in [3.05, 3.63) is 40.5 Å². The van der Waals surface area contributed by atoms with Crippen LogP contribution in [0.25, 0.3) is 0 Å². The number of anilines is 1. The second-order valence-corrected chi connectivity index (χ2v) is 7.83. The summed E-state index contributed by atoms with van der Waals surface area (Å²) in [4.78, 5) is 14.0. The van der Waals surface area contributed by atoms with Crippen molar-refractivity contribution < 1.29 is 14.1 Å². The lowest BCUT2D eigenvalue weighted by Gasteiger charge is -2.16. The molecular formula is C18H24BrN3O3. The number of carbonyl (C=O) groups excluding carboxylic acids is 1. The van der Waals surface area contributed by atoms with Crippen LogP contribution in [0.3, 0.4) is 0 Å². The average Bonchev–Trinajstić information content (AvgIpc) is 2.97. The van der Waals surface area contributed by atoms with Crippen molar-refractivity contribution in [3.63, 3.8) is 0 Å². The van der Waals surface area contributed by atoms with Crippen LogP contribution in [0.15, 0.2) is 39.3 Å². The molecule has 0 aliphatic rings. The topological polar surface area (TPSA) is 67.6 Å². The van der Waals surface area contributed by atoms with Crippen molar-refractivity contribution >= 4 is 27.7 Å². The van der Waals surface area contributed by atoms with E-state index in [0.29, 0.717) is 19.0 Å². The highest BCUT2D eigenvalue weighted by Crippen LogP contribution is 2.23. The predicted octanol–water partition coefficient (Wildman–Crippen LogP) is 3.68. The molecular weight excluding hydrogens is 386 g/mol. The van der Waals surface area contributed by atoms with E-state index in [0.717, 1.165) is 15.9 Å². The Morgan fingerprint density at radius 3 is 2.60 bits per heavy atom. The van der Waals surface area contributed by atoms with Crippen LogP contribution in [0.2, 0.25) is 0 Å². The van der Waals surface area contributed by atoms with Gasteiger partial charge in [0.1, 0.15) is 12.4 Å². The Bertz CT molecular complexity index is 692. The summed E-state index contributed by atoms with van der Waals surface area (Å²) in [5.41, 5.74) is 0.687. The van der Waals surface area contributed by atoms with Gasteiger partial charge in [-0.05, 0) is 31.3 Å². The number of nitrogens with one attached hydrogen (secondary N) is 1. The second kappa shape index (κ2) is 8.49. The highest BCUT2D eigenvalue weighted by Gasteiger charge is 2.19. The minimum atomic E-state index is -0.150. The van der Waals surface area contributed by atoms with E-state index in [2.05, 4.69) is 26.4 Å². The van der Waals surface area contributed by atoms with Gasteiger partial charge in [-0.1, -0.05) is 41.9 Å². The van der Waals surface area contributed by atoms with Crippen molar-refractivity contribution in [1.29, 1.82) is 0 Å². The summed E-state index contributed by atoms with van der Waals surface area (Å²) in [5.74, 6) is 1.02. The van der Waals surface area contributed by atoms with Crippen molar-refractivity contribution in [2.75, 3.05) is 32.1 Å². The van der Waals surface area contributed by atoms with E-state index in [1.165, 1.54) is 0 Å². The Morgan fingerprint density at radius 1 is 1.32 bits per heavy atom.